The predicted molar refractivity (Wildman–Crippen MR) is 77.6 cm³/mol. The third-order valence-corrected chi connectivity index (χ3v) is 2.33. The number of anilines is 2. The topological polar surface area (TPSA) is 114 Å². The normalized spacial score (nSPS) is 10.1. The third kappa shape index (κ3) is 6.19. The van der Waals surface area contributed by atoms with Crippen LogP contribution in [0, 0.1) is 0 Å². The highest BCUT2D eigenvalue weighted by Crippen LogP contribution is 2.11. The number of rotatable bonds is 9. The van der Waals surface area contributed by atoms with E-state index in [9.17, 15) is 4.79 Å². The Balaban J connectivity index is 2.62. The van der Waals surface area contributed by atoms with Crippen LogP contribution in [-0.4, -0.2) is 42.7 Å². The molecule has 0 fully saturated rings. The van der Waals surface area contributed by atoms with Crippen molar-refractivity contribution in [3.05, 3.63) is 11.9 Å². The number of nitrogens with one attached hydrogen (secondary N) is 3. The fourth-order valence-electron chi connectivity index (χ4n) is 1.50. The second kappa shape index (κ2) is 8.92. The van der Waals surface area contributed by atoms with Crippen molar-refractivity contribution in [2.45, 2.75) is 20.0 Å². The lowest BCUT2D eigenvalue weighted by molar-refractivity contribution is 0.178. The van der Waals surface area contributed by atoms with Crippen molar-refractivity contribution in [2.75, 3.05) is 37.4 Å². The number of methoxy groups -OCH3 is 1. The number of aromatic nitrogens is 2. The van der Waals surface area contributed by atoms with Crippen LogP contribution in [-0.2, 0) is 11.3 Å². The van der Waals surface area contributed by atoms with E-state index in [2.05, 4.69) is 32.8 Å². The van der Waals surface area contributed by atoms with Crippen LogP contribution in [0.5, 0.6) is 0 Å². The highest BCUT2D eigenvalue weighted by atomic mass is 16.5. The van der Waals surface area contributed by atoms with Crippen LogP contribution in [0.15, 0.2) is 6.07 Å². The number of carbonyl (C=O) groups is 1. The molecule has 0 aliphatic rings. The van der Waals surface area contributed by atoms with Gasteiger partial charge >= 0.3 is 6.03 Å². The van der Waals surface area contributed by atoms with Crippen molar-refractivity contribution in [3.8, 4) is 0 Å². The maximum absolute atomic E-state index is 10.6. The minimum atomic E-state index is -0.542. The van der Waals surface area contributed by atoms with Gasteiger partial charge in [0.25, 0.3) is 0 Å². The third-order valence-electron chi connectivity index (χ3n) is 2.33. The first kappa shape index (κ1) is 16.0. The molecule has 2 amide bonds. The number of hydrogen-bond donors (Lipinski definition) is 4. The van der Waals surface area contributed by atoms with Gasteiger partial charge in [-0.2, -0.15) is 0 Å². The molecule has 112 valence electrons. The summed E-state index contributed by atoms with van der Waals surface area (Å²) in [5, 5.41) is 8.80. The van der Waals surface area contributed by atoms with E-state index in [1.165, 1.54) is 0 Å². The predicted octanol–water partition coefficient (Wildman–Crippen LogP) is 0.525. The quantitative estimate of drug-likeness (QED) is 0.491. The number of primary amides is 1. The molecule has 0 aliphatic heterocycles. The maximum Gasteiger partial charge on any atom is 0.312 e. The summed E-state index contributed by atoms with van der Waals surface area (Å²) in [7, 11) is 1.60. The lowest BCUT2D eigenvalue weighted by Gasteiger charge is -2.11. The number of urea groups is 1. The molecule has 0 saturated carbocycles. The summed E-state index contributed by atoms with van der Waals surface area (Å²) in [6.07, 6.45) is 1.01. The van der Waals surface area contributed by atoms with Gasteiger partial charge in [-0.15, -0.1) is 0 Å². The number of hydrogen-bond acceptors (Lipinski definition) is 6. The summed E-state index contributed by atoms with van der Waals surface area (Å²) < 4.78 is 5.05. The van der Waals surface area contributed by atoms with Crippen LogP contribution in [0.3, 0.4) is 0 Å². The van der Waals surface area contributed by atoms with Crippen molar-refractivity contribution in [2.24, 2.45) is 5.73 Å². The van der Waals surface area contributed by atoms with Gasteiger partial charge in [0.1, 0.15) is 18.2 Å². The Kier molecular flexibility index (Phi) is 7.12. The summed E-state index contributed by atoms with van der Waals surface area (Å²) >= 11 is 0. The molecule has 0 aromatic carbocycles. The SMILES string of the molecule is CCCNc1cc(NCCNC(N)=O)nc(COC)n1. The summed E-state index contributed by atoms with van der Waals surface area (Å²) in [4.78, 5) is 19.2. The molecule has 0 spiro atoms. The Morgan fingerprint density at radius 1 is 1.25 bits per heavy atom. The monoisotopic (exact) mass is 282 g/mol. The Labute approximate surface area is 118 Å². The molecule has 8 heteroatoms. The molecule has 0 bridgehead atoms. The smallest absolute Gasteiger partial charge is 0.312 e. The Morgan fingerprint density at radius 2 is 1.90 bits per heavy atom. The molecule has 1 heterocycles. The van der Waals surface area contributed by atoms with E-state index in [4.69, 9.17) is 10.5 Å². The van der Waals surface area contributed by atoms with Gasteiger partial charge in [0.15, 0.2) is 5.82 Å². The Bertz CT molecular complexity index is 426. The number of carbonyl (C=O) groups excluding carboxylic acids is 1. The molecule has 0 aliphatic carbocycles. The number of nitrogens with two attached hydrogens (primary N) is 1. The lowest BCUT2D eigenvalue weighted by atomic mass is 10.4. The maximum atomic E-state index is 10.6. The standard InChI is InChI=1S/C12H22N6O2/c1-3-4-14-9-7-10(15-5-6-16-12(13)19)18-11(17-9)8-20-2/h7H,3-6,8H2,1-2H3,(H3,13,16,19)(H2,14,15,17,18). The molecule has 1 aromatic rings. The van der Waals surface area contributed by atoms with Gasteiger partial charge < -0.3 is 26.4 Å². The Morgan fingerprint density at radius 3 is 2.45 bits per heavy atom. The molecule has 20 heavy (non-hydrogen) atoms. The van der Waals surface area contributed by atoms with Gasteiger partial charge in [0.05, 0.1) is 0 Å². The van der Waals surface area contributed by atoms with E-state index in [1.807, 2.05) is 6.07 Å². The summed E-state index contributed by atoms with van der Waals surface area (Å²) in [5.74, 6) is 2.02. The highest BCUT2D eigenvalue weighted by molar-refractivity contribution is 5.71. The van der Waals surface area contributed by atoms with E-state index in [1.54, 1.807) is 7.11 Å². The largest absolute Gasteiger partial charge is 0.377 e. The molecular formula is C12H22N6O2. The van der Waals surface area contributed by atoms with Gasteiger partial charge in [-0.25, -0.2) is 14.8 Å². The second-order valence-electron chi connectivity index (χ2n) is 4.13. The number of ether oxygens (including phenoxy) is 1. The molecule has 0 atom stereocenters. The van der Waals surface area contributed by atoms with E-state index in [0.717, 1.165) is 18.8 Å². The van der Waals surface area contributed by atoms with Crippen molar-refractivity contribution in [1.29, 1.82) is 0 Å². The first-order chi connectivity index (χ1) is 9.65. The van der Waals surface area contributed by atoms with Crippen molar-refractivity contribution >= 4 is 17.7 Å². The molecule has 0 saturated heterocycles. The fraction of sp³-hybridized carbons (Fsp3) is 0.583. The van der Waals surface area contributed by atoms with Crippen molar-refractivity contribution < 1.29 is 9.53 Å². The zero-order chi connectivity index (χ0) is 14.8. The highest BCUT2D eigenvalue weighted by Gasteiger charge is 2.04. The average molecular weight is 282 g/mol. The second-order valence-corrected chi connectivity index (χ2v) is 4.13. The molecule has 5 N–H and O–H groups in total. The van der Waals surface area contributed by atoms with Crippen molar-refractivity contribution in [3.63, 3.8) is 0 Å². The van der Waals surface area contributed by atoms with Gasteiger partial charge in [-0.1, -0.05) is 6.92 Å². The first-order valence-electron chi connectivity index (χ1n) is 6.53. The van der Waals surface area contributed by atoms with Crippen LogP contribution in [0.2, 0.25) is 0 Å². The first-order valence-corrected chi connectivity index (χ1v) is 6.53. The van der Waals surface area contributed by atoms with Crippen LogP contribution >= 0.6 is 0 Å². The molecular weight excluding hydrogens is 260 g/mol. The molecule has 0 radical (unpaired) electrons. The molecule has 1 aromatic heterocycles. The van der Waals surface area contributed by atoms with E-state index < -0.39 is 6.03 Å². The summed E-state index contributed by atoms with van der Waals surface area (Å²) in [6.45, 7) is 4.22. The van der Waals surface area contributed by atoms with Crippen molar-refractivity contribution in [1.82, 2.24) is 15.3 Å². The minimum Gasteiger partial charge on any atom is -0.377 e. The Hall–Kier alpha value is -2.09. The van der Waals surface area contributed by atoms with Crippen LogP contribution in [0.4, 0.5) is 16.4 Å². The van der Waals surface area contributed by atoms with Gasteiger partial charge in [-0.3, -0.25) is 0 Å². The zero-order valence-corrected chi connectivity index (χ0v) is 11.9. The van der Waals surface area contributed by atoms with Gasteiger partial charge in [0, 0.05) is 32.8 Å². The van der Waals surface area contributed by atoms with Gasteiger partial charge in [0.2, 0.25) is 0 Å². The number of nitrogens with zero attached hydrogens (tertiary/aromatic N) is 2. The van der Waals surface area contributed by atoms with Crippen LogP contribution in [0.1, 0.15) is 19.2 Å². The van der Waals surface area contributed by atoms with Crippen LogP contribution in [0.25, 0.3) is 0 Å². The minimum absolute atomic E-state index is 0.343. The lowest BCUT2D eigenvalue weighted by Crippen LogP contribution is -2.33. The van der Waals surface area contributed by atoms with E-state index in [0.29, 0.717) is 31.3 Å². The summed E-state index contributed by atoms with van der Waals surface area (Å²) in [6, 6.07) is 1.28. The molecule has 8 nitrogen and oxygen atoms in total. The molecule has 1 rings (SSSR count). The fourth-order valence-corrected chi connectivity index (χ4v) is 1.50. The molecule has 0 unspecified atom stereocenters. The average Bonchev–Trinajstić information content (AvgIpc) is 2.41. The van der Waals surface area contributed by atoms with E-state index in [-0.39, 0.29) is 0 Å². The summed E-state index contributed by atoms with van der Waals surface area (Å²) in [5.41, 5.74) is 4.98. The number of amides is 2. The zero-order valence-electron chi connectivity index (χ0n) is 11.9. The van der Waals surface area contributed by atoms with Crippen LogP contribution < -0.4 is 21.7 Å². The van der Waals surface area contributed by atoms with E-state index >= 15 is 0 Å². The van der Waals surface area contributed by atoms with Gasteiger partial charge in [-0.05, 0) is 6.42 Å².